The first-order chi connectivity index (χ1) is 8.65. The van der Waals surface area contributed by atoms with Gasteiger partial charge in [0.15, 0.2) is 0 Å². The number of hydrogen-bond acceptors (Lipinski definition) is 4. The van der Waals surface area contributed by atoms with Crippen LogP contribution in [-0.2, 0) is 12.2 Å². The highest BCUT2D eigenvalue weighted by atomic mass is 32.2. The molecule has 1 N–H and O–H groups in total. The van der Waals surface area contributed by atoms with E-state index >= 15 is 0 Å². The van der Waals surface area contributed by atoms with E-state index in [0.29, 0.717) is 5.25 Å². The number of nitrogens with one attached hydrogen (secondary N) is 1. The molecule has 0 saturated carbocycles. The molecule has 0 amide bonds. The van der Waals surface area contributed by atoms with Crippen molar-refractivity contribution < 1.29 is 0 Å². The Balaban J connectivity index is 2.76. The maximum atomic E-state index is 4.63. The predicted molar refractivity (Wildman–Crippen MR) is 81.2 cm³/mol. The Kier molecular flexibility index (Phi) is 7.09. The molecule has 0 fully saturated rings. The van der Waals surface area contributed by atoms with Gasteiger partial charge in [-0.05, 0) is 18.1 Å². The summed E-state index contributed by atoms with van der Waals surface area (Å²) in [5, 5.41) is 3.98. The minimum Gasteiger partial charge on any atom is -0.370 e. The zero-order valence-corrected chi connectivity index (χ0v) is 12.8. The number of hydrogen-bond donors (Lipinski definition) is 1. The molecular weight excluding hydrogens is 242 g/mol. The molecule has 0 bridgehead atoms. The topological polar surface area (TPSA) is 37.8 Å². The molecule has 0 radical (unpaired) electrons. The van der Waals surface area contributed by atoms with E-state index in [9.17, 15) is 0 Å². The highest BCUT2D eigenvalue weighted by Crippen LogP contribution is 2.17. The molecule has 0 unspecified atom stereocenters. The zero-order chi connectivity index (χ0) is 13.4. The van der Waals surface area contributed by atoms with Gasteiger partial charge in [0.25, 0.3) is 0 Å². The van der Waals surface area contributed by atoms with Crippen molar-refractivity contribution in [3.63, 3.8) is 0 Å². The van der Waals surface area contributed by atoms with Crippen molar-refractivity contribution >= 4 is 17.6 Å². The van der Waals surface area contributed by atoms with Crippen LogP contribution in [0.15, 0.2) is 6.07 Å². The summed E-state index contributed by atoms with van der Waals surface area (Å²) in [4.78, 5) is 9.21. The monoisotopic (exact) mass is 267 g/mol. The molecule has 102 valence electrons. The quantitative estimate of drug-likeness (QED) is 0.775. The van der Waals surface area contributed by atoms with E-state index in [0.717, 1.165) is 48.9 Å². The van der Waals surface area contributed by atoms with Crippen LogP contribution in [0.5, 0.6) is 0 Å². The Hall–Kier alpha value is -0.770. The highest BCUT2D eigenvalue weighted by Gasteiger charge is 2.05. The van der Waals surface area contributed by atoms with Crippen molar-refractivity contribution in [2.45, 2.75) is 58.0 Å². The third kappa shape index (κ3) is 5.71. The van der Waals surface area contributed by atoms with E-state index in [1.54, 1.807) is 0 Å². The Morgan fingerprint density at radius 3 is 2.61 bits per heavy atom. The van der Waals surface area contributed by atoms with Gasteiger partial charge in [-0.2, -0.15) is 11.8 Å². The maximum Gasteiger partial charge on any atom is 0.140 e. The van der Waals surface area contributed by atoms with Crippen molar-refractivity contribution in [2.24, 2.45) is 0 Å². The van der Waals surface area contributed by atoms with Gasteiger partial charge in [-0.3, -0.25) is 0 Å². The number of aryl methyl sites for hydroxylation is 1. The third-order valence-corrected chi connectivity index (χ3v) is 3.53. The van der Waals surface area contributed by atoms with Crippen LogP contribution in [0, 0.1) is 0 Å². The second-order valence-corrected chi connectivity index (χ2v) is 6.26. The smallest absolute Gasteiger partial charge is 0.140 e. The SMILES string of the molecule is CCCNc1cc(CCC)nc(CSC(C)C)n1. The second-order valence-electron chi connectivity index (χ2n) is 4.70. The first-order valence-corrected chi connectivity index (χ1v) is 7.92. The van der Waals surface area contributed by atoms with Crippen LogP contribution in [0.25, 0.3) is 0 Å². The summed E-state index contributed by atoms with van der Waals surface area (Å²) in [6.07, 6.45) is 3.27. The second kappa shape index (κ2) is 8.35. The first kappa shape index (κ1) is 15.3. The molecule has 0 aliphatic rings. The van der Waals surface area contributed by atoms with Crippen LogP contribution < -0.4 is 5.32 Å². The molecule has 0 saturated heterocycles. The molecule has 18 heavy (non-hydrogen) atoms. The summed E-state index contributed by atoms with van der Waals surface area (Å²) in [6, 6.07) is 2.09. The van der Waals surface area contributed by atoms with Crippen molar-refractivity contribution in [3.8, 4) is 0 Å². The number of rotatable bonds is 8. The molecule has 0 aliphatic heterocycles. The maximum absolute atomic E-state index is 4.63. The van der Waals surface area contributed by atoms with E-state index in [1.807, 2.05) is 11.8 Å². The number of anilines is 1. The normalized spacial score (nSPS) is 10.9. The summed E-state index contributed by atoms with van der Waals surface area (Å²) < 4.78 is 0. The van der Waals surface area contributed by atoms with Gasteiger partial charge in [-0.25, -0.2) is 9.97 Å². The number of nitrogens with zero attached hydrogens (tertiary/aromatic N) is 2. The van der Waals surface area contributed by atoms with E-state index in [1.165, 1.54) is 0 Å². The average Bonchev–Trinajstić information content (AvgIpc) is 2.34. The van der Waals surface area contributed by atoms with E-state index in [4.69, 9.17) is 0 Å². The van der Waals surface area contributed by atoms with E-state index in [2.05, 4.69) is 49.0 Å². The molecule has 0 aliphatic carbocycles. The average molecular weight is 267 g/mol. The highest BCUT2D eigenvalue weighted by molar-refractivity contribution is 7.99. The summed E-state index contributed by atoms with van der Waals surface area (Å²) in [5.41, 5.74) is 1.16. The predicted octanol–water partition coefficient (Wildman–Crippen LogP) is 3.89. The Bertz CT molecular complexity index is 353. The summed E-state index contributed by atoms with van der Waals surface area (Å²) >= 11 is 1.89. The fraction of sp³-hybridized carbons (Fsp3) is 0.714. The van der Waals surface area contributed by atoms with Gasteiger partial charge < -0.3 is 5.32 Å². The zero-order valence-electron chi connectivity index (χ0n) is 12.0. The van der Waals surface area contributed by atoms with Crippen LogP contribution in [-0.4, -0.2) is 21.8 Å². The minimum atomic E-state index is 0.621. The lowest BCUT2D eigenvalue weighted by Gasteiger charge is -2.10. The van der Waals surface area contributed by atoms with Gasteiger partial charge in [0.05, 0.1) is 5.75 Å². The molecule has 0 aromatic carbocycles. The third-order valence-electron chi connectivity index (χ3n) is 2.43. The van der Waals surface area contributed by atoms with E-state index < -0.39 is 0 Å². The van der Waals surface area contributed by atoms with Crippen molar-refractivity contribution in [1.29, 1.82) is 0 Å². The Morgan fingerprint density at radius 2 is 2.00 bits per heavy atom. The van der Waals surface area contributed by atoms with Gasteiger partial charge in [0.2, 0.25) is 0 Å². The van der Waals surface area contributed by atoms with Crippen molar-refractivity contribution in [1.82, 2.24) is 9.97 Å². The Morgan fingerprint density at radius 1 is 1.22 bits per heavy atom. The molecular formula is C14H25N3S. The fourth-order valence-corrected chi connectivity index (χ4v) is 2.20. The molecule has 4 heteroatoms. The summed E-state index contributed by atoms with van der Waals surface area (Å²) in [6.45, 7) is 9.73. The number of aromatic nitrogens is 2. The summed E-state index contributed by atoms with van der Waals surface area (Å²) in [7, 11) is 0. The van der Waals surface area contributed by atoms with Crippen LogP contribution in [0.4, 0.5) is 5.82 Å². The van der Waals surface area contributed by atoms with Crippen LogP contribution >= 0.6 is 11.8 Å². The molecule has 0 atom stereocenters. The van der Waals surface area contributed by atoms with Crippen LogP contribution in [0.3, 0.4) is 0 Å². The van der Waals surface area contributed by atoms with Crippen LogP contribution in [0.2, 0.25) is 0 Å². The van der Waals surface area contributed by atoms with Gasteiger partial charge in [0.1, 0.15) is 11.6 Å². The molecule has 1 heterocycles. The molecule has 1 rings (SSSR count). The molecule has 1 aromatic rings. The lowest BCUT2D eigenvalue weighted by Crippen LogP contribution is -2.07. The standard InChI is InChI=1S/C14H25N3S/c1-5-7-12-9-13(15-8-6-2)17-14(16-12)10-18-11(3)4/h9,11H,5-8,10H2,1-4H3,(H,15,16,17). The van der Waals surface area contributed by atoms with E-state index in [-0.39, 0.29) is 0 Å². The fourth-order valence-electron chi connectivity index (χ4n) is 1.59. The van der Waals surface area contributed by atoms with Gasteiger partial charge >= 0.3 is 0 Å². The number of thioether (sulfide) groups is 1. The van der Waals surface area contributed by atoms with Crippen molar-refractivity contribution in [3.05, 3.63) is 17.6 Å². The largest absolute Gasteiger partial charge is 0.370 e. The first-order valence-electron chi connectivity index (χ1n) is 6.88. The van der Waals surface area contributed by atoms with Gasteiger partial charge in [0, 0.05) is 18.3 Å². The van der Waals surface area contributed by atoms with Crippen molar-refractivity contribution in [2.75, 3.05) is 11.9 Å². The Labute approximate surface area is 115 Å². The minimum absolute atomic E-state index is 0.621. The van der Waals surface area contributed by atoms with Gasteiger partial charge in [-0.1, -0.05) is 34.1 Å². The lowest BCUT2D eigenvalue weighted by atomic mass is 10.2. The van der Waals surface area contributed by atoms with Gasteiger partial charge in [-0.15, -0.1) is 0 Å². The summed E-state index contributed by atoms with van der Waals surface area (Å²) in [5.74, 6) is 2.84. The molecule has 3 nitrogen and oxygen atoms in total. The molecule has 1 aromatic heterocycles. The van der Waals surface area contributed by atoms with Crippen LogP contribution in [0.1, 0.15) is 52.1 Å². The lowest BCUT2D eigenvalue weighted by molar-refractivity contribution is 0.850. The molecule has 0 spiro atoms.